The maximum absolute atomic E-state index is 13.4. The summed E-state index contributed by atoms with van der Waals surface area (Å²) in [6, 6.07) is 0. The fourth-order valence-electron chi connectivity index (χ4n) is 10.2. The number of fused-ring (bicyclic) bond motifs is 4. The number of rotatable bonds is 1. The molecule has 4 aliphatic carbocycles. The second-order valence-electron chi connectivity index (χ2n) is 14.3. The smallest absolute Gasteiger partial charge is 0.311 e. The summed E-state index contributed by atoms with van der Waals surface area (Å²) in [7, 11) is 0. The van der Waals surface area contributed by atoms with Crippen molar-refractivity contribution in [1.82, 2.24) is 0 Å². The highest BCUT2D eigenvalue weighted by Crippen LogP contribution is 2.73. The van der Waals surface area contributed by atoms with E-state index >= 15 is 0 Å². The first kappa shape index (κ1) is 24.1. The molecule has 0 aromatic carbocycles. The lowest BCUT2D eigenvalue weighted by atomic mass is 9.42. The molecule has 5 rings (SSSR count). The Morgan fingerprint density at radius 3 is 2.33 bits per heavy atom. The number of carbonyl (C=O) groups excluding carboxylic acids is 1. The molecular weight excluding hydrogens is 412 g/mol. The second kappa shape index (κ2) is 7.45. The summed E-state index contributed by atoms with van der Waals surface area (Å²) in [5, 5.41) is 10.9. The third kappa shape index (κ3) is 3.18. The van der Waals surface area contributed by atoms with Crippen LogP contribution in [0.5, 0.6) is 0 Å². The predicted molar refractivity (Wildman–Crippen MR) is 129 cm³/mol. The average Bonchev–Trinajstić information content (AvgIpc) is 2.96. The van der Waals surface area contributed by atoms with Crippen LogP contribution in [0.2, 0.25) is 0 Å². The largest absolute Gasteiger partial charge is 0.433 e. The lowest BCUT2D eigenvalue weighted by Crippen LogP contribution is -2.66. The van der Waals surface area contributed by atoms with Crippen molar-refractivity contribution in [2.24, 2.45) is 45.8 Å². The van der Waals surface area contributed by atoms with Crippen LogP contribution in [0.15, 0.2) is 0 Å². The zero-order valence-electron chi connectivity index (χ0n) is 22.2. The molecule has 2 spiro atoms. The molecule has 1 N–H and O–H groups in total. The Bertz CT molecular complexity index is 805. The van der Waals surface area contributed by atoms with Gasteiger partial charge in [0.25, 0.3) is 0 Å². The first-order chi connectivity index (χ1) is 15.3. The van der Waals surface area contributed by atoms with Crippen molar-refractivity contribution in [3.05, 3.63) is 0 Å². The summed E-state index contributed by atoms with van der Waals surface area (Å²) in [6.45, 7) is 16.3. The minimum Gasteiger partial charge on any atom is -0.433 e. The molecule has 0 amide bonds. The minimum absolute atomic E-state index is 0.0225. The lowest BCUT2D eigenvalue weighted by molar-refractivity contribution is -0.365. The first-order valence-electron chi connectivity index (χ1n) is 13.9. The quantitative estimate of drug-likeness (QED) is 0.454. The molecule has 4 saturated carbocycles. The predicted octanol–water partition coefficient (Wildman–Crippen LogP) is 6.49. The highest BCUT2D eigenvalue weighted by atomic mass is 16.7. The van der Waals surface area contributed by atoms with E-state index in [1.807, 2.05) is 0 Å². The maximum Gasteiger partial charge on any atom is 0.311 e. The van der Waals surface area contributed by atoms with Gasteiger partial charge in [0.05, 0.1) is 18.1 Å². The van der Waals surface area contributed by atoms with E-state index in [1.54, 1.807) is 0 Å². The maximum atomic E-state index is 13.4. The molecule has 0 unspecified atom stereocenters. The van der Waals surface area contributed by atoms with Gasteiger partial charge in [-0.25, -0.2) is 0 Å². The van der Waals surface area contributed by atoms with Crippen molar-refractivity contribution < 1.29 is 19.4 Å². The molecule has 0 radical (unpaired) electrons. The Kier molecular flexibility index (Phi) is 5.44. The van der Waals surface area contributed by atoms with Gasteiger partial charge in [-0.3, -0.25) is 4.79 Å². The zero-order valence-corrected chi connectivity index (χ0v) is 22.2. The van der Waals surface area contributed by atoms with E-state index in [1.165, 1.54) is 6.42 Å². The van der Waals surface area contributed by atoms with Crippen LogP contribution in [-0.4, -0.2) is 28.6 Å². The van der Waals surface area contributed by atoms with E-state index < -0.39 is 11.4 Å². The van der Waals surface area contributed by atoms with Crippen molar-refractivity contribution in [2.75, 3.05) is 0 Å². The van der Waals surface area contributed by atoms with Gasteiger partial charge in [0, 0.05) is 17.8 Å². The third-order valence-corrected chi connectivity index (χ3v) is 12.0. The molecule has 1 aliphatic heterocycles. The summed E-state index contributed by atoms with van der Waals surface area (Å²) in [5.74, 6) is 1.48. The third-order valence-electron chi connectivity index (χ3n) is 12.0. The number of esters is 1. The number of carbonyl (C=O) groups is 1. The van der Waals surface area contributed by atoms with Gasteiger partial charge in [0.2, 0.25) is 5.79 Å². The first-order valence-corrected chi connectivity index (χ1v) is 13.9. The zero-order chi connectivity index (χ0) is 24.0. The van der Waals surface area contributed by atoms with Crippen molar-refractivity contribution >= 4 is 5.97 Å². The standard InChI is InChI=1S/C29H48O4/c1-18(2)20-9-8-19(3)16-29(20)32-24(31)17-28(33-29)15-11-22-26(6)13-12-23(30)25(4,5)21(26)10-14-27(22,28)7/h18-23,30H,8-17H2,1-7H3/t19-,20+,21-,22+,23-,26-,27+,28+,29+/m1/s1. The molecule has 5 aliphatic rings. The van der Waals surface area contributed by atoms with Crippen LogP contribution in [0.4, 0.5) is 0 Å². The van der Waals surface area contributed by atoms with Gasteiger partial charge >= 0.3 is 5.97 Å². The van der Waals surface area contributed by atoms with Gasteiger partial charge in [0.15, 0.2) is 0 Å². The van der Waals surface area contributed by atoms with Crippen molar-refractivity contribution in [1.29, 1.82) is 0 Å². The van der Waals surface area contributed by atoms with Crippen molar-refractivity contribution in [2.45, 2.75) is 130 Å². The molecule has 9 atom stereocenters. The number of ether oxygens (including phenoxy) is 2. The van der Waals surface area contributed by atoms with E-state index in [0.717, 1.165) is 51.4 Å². The van der Waals surface area contributed by atoms with Gasteiger partial charge in [0.1, 0.15) is 0 Å². The monoisotopic (exact) mass is 460 g/mol. The molecule has 188 valence electrons. The summed E-state index contributed by atoms with van der Waals surface area (Å²) in [5.41, 5.74) is -0.301. The number of hydrogen-bond donors (Lipinski definition) is 1. The minimum atomic E-state index is -0.751. The van der Waals surface area contributed by atoms with Crippen LogP contribution in [0.3, 0.4) is 0 Å². The van der Waals surface area contributed by atoms with E-state index in [4.69, 9.17) is 9.47 Å². The van der Waals surface area contributed by atoms with Gasteiger partial charge in [-0.05, 0) is 85.9 Å². The van der Waals surface area contributed by atoms with Crippen molar-refractivity contribution in [3.63, 3.8) is 0 Å². The summed E-state index contributed by atoms with van der Waals surface area (Å²) in [6.07, 6.45) is 9.57. The topological polar surface area (TPSA) is 55.8 Å². The van der Waals surface area contributed by atoms with E-state index in [9.17, 15) is 9.90 Å². The van der Waals surface area contributed by atoms with Crippen LogP contribution < -0.4 is 0 Å². The van der Waals surface area contributed by atoms with Gasteiger partial charge < -0.3 is 14.6 Å². The summed E-state index contributed by atoms with van der Waals surface area (Å²) < 4.78 is 13.6. The van der Waals surface area contributed by atoms with Crippen molar-refractivity contribution in [3.8, 4) is 0 Å². The van der Waals surface area contributed by atoms with Crippen LogP contribution in [0.1, 0.15) is 113 Å². The Balaban J connectivity index is 1.53. The molecule has 4 heteroatoms. The molecule has 5 fully saturated rings. The molecule has 1 saturated heterocycles. The van der Waals surface area contributed by atoms with Crippen LogP contribution >= 0.6 is 0 Å². The molecule has 1 heterocycles. The Morgan fingerprint density at radius 2 is 1.64 bits per heavy atom. The summed E-state index contributed by atoms with van der Waals surface area (Å²) >= 11 is 0. The molecule has 0 bridgehead atoms. The van der Waals surface area contributed by atoms with Gasteiger partial charge in [-0.1, -0.05) is 48.5 Å². The molecular formula is C29H48O4. The normalized spacial score (nSPS) is 53.7. The van der Waals surface area contributed by atoms with Crippen LogP contribution in [-0.2, 0) is 14.3 Å². The molecule has 4 nitrogen and oxygen atoms in total. The second-order valence-corrected chi connectivity index (χ2v) is 14.3. The SMILES string of the molecule is CC(C)[C@@H]1CC[C@@H](C)C[C@@]12OC(=O)C[C@]1(CC[C@H]3[C@]4(C)CC[C@@H](O)C(C)(C)[C@H]4CC[C@@]31C)O2. The van der Waals surface area contributed by atoms with Gasteiger partial charge in [-0.2, -0.15) is 0 Å². The number of aliphatic hydroxyl groups excluding tert-OH is 1. The number of hydrogen-bond acceptors (Lipinski definition) is 4. The molecule has 0 aromatic heterocycles. The van der Waals surface area contributed by atoms with Gasteiger partial charge in [-0.15, -0.1) is 0 Å². The highest BCUT2D eigenvalue weighted by Gasteiger charge is 2.72. The molecule has 0 aromatic rings. The number of aliphatic hydroxyl groups is 1. The Labute approximate surface area is 201 Å². The average molecular weight is 461 g/mol. The van der Waals surface area contributed by atoms with E-state index in [0.29, 0.717) is 30.1 Å². The Hall–Kier alpha value is -0.610. The molecule has 33 heavy (non-hydrogen) atoms. The summed E-state index contributed by atoms with van der Waals surface area (Å²) in [4.78, 5) is 13.4. The van der Waals surface area contributed by atoms with E-state index in [-0.39, 0.29) is 34.2 Å². The fourth-order valence-corrected chi connectivity index (χ4v) is 10.2. The fraction of sp³-hybridized carbons (Fsp3) is 0.966. The van der Waals surface area contributed by atoms with E-state index in [2.05, 4.69) is 48.5 Å². The van der Waals surface area contributed by atoms with Crippen LogP contribution in [0.25, 0.3) is 0 Å². The highest BCUT2D eigenvalue weighted by molar-refractivity contribution is 5.72. The lowest BCUT2D eigenvalue weighted by Gasteiger charge is -2.65. The van der Waals surface area contributed by atoms with Crippen LogP contribution in [0, 0.1) is 45.8 Å². The Morgan fingerprint density at radius 1 is 0.939 bits per heavy atom.